The highest BCUT2D eigenvalue weighted by Gasteiger charge is 2.29. The number of amides is 1. The molecule has 1 aliphatic heterocycles. The van der Waals surface area contributed by atoms with Gasteiger partial charge in [-0.05, 0) is 30.0 Å². The fourth-order valence-electron chi connectivity index (χ4n) is 3.10. The lowest BCUT2D eigenvalue weighted by molar-refractivity contribution is -0.118. The van der Waals surface area contributed by atoms with Crippen LogP contribution in [-0.2, 0) is 34.6 Å². The van der Waals surface area contributed by atoms with Crippen LogP contribution in [0.15, 0.2) is 29.4 Å². The summed E-state index contributed by atoms with van der Waals surface area (Å²) in [6.45, 7) is 0.427. The molecule has 2 heterocycles. The van der Waals surface area contributed by atoms with Crippen molar-refractivity contribution in [2.24, 2.45) is 13.0 Å². The maximum absolute atomic E-state index is 12.1. The minimum atomic E-state index is -2.90. The minimum absolute atomic E-state index is 0.0944. The molecule has 2 aromatic rings. The summed E-state index contributed by atoms with van der Waals surface area (Å²) < 4.78 is 30.2. The number of sulfone groups is 1. The van der Waals surface area contributed by atoms with E-state index in [1.165, 1.54) is 11.8 Å². The number of benzene rings is 1. The molecule has 0 spiro atoms. The summed E-state index contributed by atoms with van der Waals surface area (Å²) in [7, 11) is 0.549. The van der Waals surface area contributed by atoms with Crippen LogP contribution in [0.3, 0.4) is 0 Å². The number of nitrogens with one attached hydrogen (secondary N) is 1. The average molecular weight is 425 g/mol. The molecule has 3 rings (SSSR count). The van der Waals surface area contributed by atoms with Crippen molar-refractivity contribution in [3.05, 3.63) is 35.7 Å². The normalized spacial score (nSPS) is 18.1. The Morgan fingerprint density at radius 1 is 1.39 bits per heavy atom. The first kappa shape index (κ1) is 20.7. The van der Waals surface area contributed by atoms with Crippen molar-refractivity contribution in [3.63, 3.8) is 0 Å². The van der Waals surface area contributed by atoms with Gasteiger partial charge >= 0.3 is 0 Å². The molecule has 1 aromatic heterocycles. The molecular formula is C18H24N4O4S2. The van der Waals surface area contributed by atoms with Crippen molar-refractivity contribution in [3.8, 4) is 5.75 Å². The number of nitrogens with zero attached hydrogens (tertiary/aromatic N) is 3. The third-order valence-electron chi connectivity index (χ3n) is 4.68. The summed E-state index contributed by atoms with van der Waals surface area (Å²) in [6.07, 6.45) is 1.26. The topological polar surface area (TPSA) is 103 Å². The van der Waals surface area contributed by atoms with Crippen LogP contribution >= 0.6 is 11.8 Å². The monoisotopic (exact) mass is 424 g/mol. The highest BCUT2D eigenvalue weighted by molar-refractivity contribution is 7.99. The van der Waals surface area contributed by atoms with Crippen molar-refractivity contribution in [1.82, 2.24) is 20.1 Å². The SMILES string of the molecule is COc1cccc(CNC(=O)CSc2nnc(CC3CCS(=O)(=O)C3)n2C)c1. The van der Waals surface area contributed by atoms with Crippen LogP contribution in [0.2, 0.25) is 0 Å². The van der Waals surface area contributed by atoms with Crippen LogP contribution < -0.4 is 10.1 Å². The van der Waals surface area contributed by atoms with E-state index in [1.807, 2.05) is 35.9 Å². The Morgan fingerprint density at radius 3 is 2.93 bits per heavy atom. The van der Waals surface area contributed by atoms with Gasteiger partial charge in [0, 0.05) is 20.0 Å². The maximum Gasteiger partial charge on any atom is 0.230 e. The minimum Gasteiger partial charge on any atom is -0.497 e. The lowest BCUT2D eigenvalue weighted by atomic mass is 10.1. The van der Waals surface area contributed by atoms with Gasteiger partial charge in [0.15, 0.2) is 15.0 Å². The molecular weight excluding hydrogens is 400 g/mol. The van der Waals surface area contributed by atoms with Gasteiger partial charge in [0.1, 0.15) is 11.6 Å². The van der Waals surface area contributed by atoms with Crippen molar-refractivity contribution in [1.29, 1.82) is 0 Å². The number of carbonyl (C=O) groups is 1. The van der Waals surface area contributed by atoms with Crippen LogP contribution in [0, 0.1) is 5.92 Å². The van der Waals surface area contributed by atoms with Gasteiger partial charge in [-0.2, -0.15) is 0 Å². The number of ether oxygens (including phenoxy) is 1. The van der Waals surface area contributed by atoms with Gasteiger partial charge in [0.25, 0.3) is 0 Å². The Labute approximate surface area is 169 Å². The van der Waals surface area contributed by atoms with Gasteiger partial charge in [-0.1, -0.05) is 23.9 Å². The summed E-state index contributed by atoms with van der Waals surface area (Å²) in [4.78, 5) is 12.1. The fourth-order valence-corrected chi connectivity index (χ4v) is 5.73. The Hall–Kier alpha value is -2.07. The summed E-state index contributed by atoms with van der Waals surface area (Å²) in [5, 5.41) is 11.8. The van der Waals surface area contributed by atoms with Gasteiger partial charge in [0.05, 0.1) is 24.4 Å². The number of hydrogen-bond donors (Lipinski definition) is 1. The summed E-state index contributed by atoms with van der Waals surface area (Å²) >= 11 is 1.31. The molecule has 1 unspecified atom stereocenters. The maximum atomic E-state index is 12.1. The van der Waals surface area contributed by atoms with E-state index >= 15 is 0 Å². The van der Waals surface area contributed by atoms with E-state index in [2.05, 4.69) is 15.5 Å². The smallest absolute Gasteiger partial charge is 0.230 e. The first-order valence-electron chi connectivity index (χ1n) is 8.97. The summed E-state index contributed by atoms with van der Waals surface area (Å²) in [5.74, 6) is 2.20. The van der Waals surface area contributed by atoms with Gasteiger partial charge < -0.3 is 14.6 Å². The standard InChI is InChI=1S/C18H24N4O4S2/c1-22-16(9-14-6-7-28(24,25)12-14)20-21-18(22)27-11-17(23)19-10-13-4-3-5-15(8-13)26-2/h3-5,8,14H,6-7,9-12H2,1-2H3,(H,19,23). The van der Waals surface area contributed by atoms with Crippen LogP contribution in [0.1, 0.15) is 17.8 Å². The first-order chi connectivity index (χ1) is 13.4. The lowest BCUT2D eigenvalue weighted by Gasteiger charge is -2.08. The molecule has 8 nitrogen and oxygen atoms in total. The molecule has 1 aliphatic rings. The molecule has 1 saturated heterocycles. The molecule has 0 radical (unpaired) electrons. The predicted octanol–water partition coefficient (Wildman–Crippen LogP) is 1.21. The van der Waals surface area contributed by atoms with Crippen molar-refractivity contribution < 1.29 is 17.9 Å². The Kier molecular flexibility index (Phi) is 6.61. The molecule has 1 fully saturated rings. The van der Waals surface area contributed by atoms with Crippen molar-refractivity contribution in [2.75, 3.05) is 24.4 Å². The molecule has 0 saturated carbocycles. The second-order valence-electron chi connectivity index (χ2n) is 6.85. The van der Waals surface area contributed by atoms with Gasteiger partial charge in [-0.25, -0.2) is 8.42 Å². The third kappa shape index (κ3) is 5.48. The fraction of sp³-hybridized carbons (Fsp3) is 0.500. The molecule has 28 heavy (non-hydrogen) atoms. The van der Waals surface area contributed by atoms with E-state index in [4.69, 9.17) is 4.74 Å². The number of methoxy groups -OCH3 is 1. The largest absolute Gasteiger partial charge is 0.497 e. The van der Waals surface area contributed by atoms with Crippen LogP contribution in [-0.4, -0.2) is 53.5 Å². The highest BCUT2D eigenvalue weighted by Crippen LogP contribution is 2.23. The second kappa shape index (κ2) is 8.95. The van der Waals surface area contributed by atoms with E-state index in [1.54, 1.807) is 7.11 Å². The quantitative estimate of drug-likeness (QED) is 0.635. The van der Waals surface area contributed by atoms with E-state index in [0.717, 1.165) is 17.1 Å². The molecule has 1 N–H and O–H groups in total. The van der Waals surface area contributed by atoms with Crippen LogP contribution in [0.4, 0.5) is 0 Å². The molecule has 152 valence electrons. The van der Waals surface area contributed by atoms with E-state index in [0.29, 0.717) is 24.5 Å². The third-order valence-corrected chi connectivity index (χ3v) is 7.54. The van der Waals surface area contributed by atoms with E-state index < -0.39 is 9.84 Å². The zero-order valence-corrected chi connectivity index (χ0v) is 17.6. The zero-order valence-electron chi connectivity index (χ0n) is 15.9. The lowest BCUT2D eigenvalue weighted by Crippen LogP contribution is -2.24. The molecule has 0 aliphatic carbocycles. The zero-order chi connectivity index (χ0) is 20.1. The second-order valence-corrected chi connectivity index (χ2v) is 10.0. The van der Waals surface area contributed by atoms with Crippen LogP contribution in [0.25, 0.3) is 0 Å². The number of aromatic nitrogens is 3. The number of carbonyl (C=O) groups excluding carboxylic acids is 1. The molecule has 1 amide bonds. The van der Waals surface area contributed by atoms with E-state index in [9.17, 15) is 13.2 Å². The molecule has 10 heteroatoms. The molecule has 0 bridgehead atoms. The average Bonchev–Trinajstić information content (AvgIpc) is 3.20. The number of rotatable bonds is 8. The Morgan fingerprint density at radius 2 is 2.21 bits per heavy atom. The first-order valence-corrected chi connectivity index (χ1v) is 11.8. The number of hydrogen-bond acceptors (Lipinski definition) is 7. The summed E-state index contributed by atoms with van der Waals surface area (Å²) in [5.41, 5.74) is 0.963. The van der Waals surface area contributed by atoms with Crippen molar-refractivity contribution >= 4 is 27.5 Å². The van der Waals surface area contributed by atoms with E-state index in [-0.39, 0.29) is 29.1 Å². The van der Waals surface area contributed by atoms with Crippen LogP contribution in [0.5, 0.6) is 5.75 Å². The van der Waals surface area contributed by atoms with Gasteiger partial charge in [-0.3, -0.25) is 4.79 Å². The molecule has 1 aromatic carbocycles. The number of thioether (sulfide) groups is 1. The van der Waals surface area contributed by atoms with Gasteiger partial charge in [0.2, 0.25) is 5.91 Å². The predicted molar refractivity (Wildman–Crippen MR) is 107 cm³/mol. The highest BCUT2D eigenvalue weighted by atomic mass is 32.2. The Balaban J connectivity index is 1.48. The summed E-state index contributed by atoms with van der Waals surface area (Å²) in [6, 6.07) is 7.54. The van der Waals surface area contributed by atoms with Crippen molar-refractivity contribution in [2.45, 2.75) is 24.5 Å². The van der Waals surface area contributed by atoms with Gasteiger partial charge in [-0.15, -0.1) is 10.2 Å². The Bertz CT molecular complexity index is 943. The molecule has 1 atom stereocenters.